The van der Waals surface area contributed by atoms with Gasteiger partial charge in [0.25, 0.3) is 5.69 Å². The number of esters is 1. The number of dihydropyridines is 1. The van der Waals surface area contributed by atoms with Gasteiger partial charge in [0.2, 0.25) is 0 Å². The molecule has 0 saturated carbocycles. The number of carbonyl (C=O) groups is 2. The van der Waals surface area contributed by atoms with E-state index in [9.17, 15) is 19.7 Å². The summed E-state index contributed by atoms with van der Waals surface area (Å²) in [5.41, 5.74) is 3.77. The molecule has 0 radical (unpaired) electrons. The van der Waals surface area contributed by atoms with Crippen molar-refractivity contribution in [1.29, 1.82) is 0 Å². The number of hydrogen-bond donors (Lipinski definition) is 1. The molecule has 1 N–H and O–H groups in total. The number of hydrogen-bond acceptors (Lipinski definition) is 8. The van der Waals surface area contributed by atoms with Crippen LogP contribution in [-0.4, -0.2) is 30.4 Å². The molecule has 4 rings (SSSR count). The Morgan fingerprint density at radius 3 is 2.47 bits per heavy atom. The Balaban J connectivity index is 1.70. The van der Waals surface area contributed by atoms with E-state index in [2.05, 4.69) is 19.2 Å². The average molecular weight is 521 g/mol. The average Bonchev–Trinajstić information content (AvgIpc) is 2.86. The summed E-state index contributed by atoms with van der Waals surface area (Å²) in [6.07, 6.45) is 1.07. The van der Waals surface area contributed by atoms with Crippen molar-refractivity contribution < 1.29 is 28.7 Å². The van der Waals surface area contributed by atoms with Crippen LogP contribution in [0, 0.1) is 15.5 Å². The first-order chi connectivity index (χ1) is 18.0. The Bertz CT molecular complexity index is 1340. The quantitative estimate of drug-likeness (QED) is 0.281. The molecule has 0 bridgehead atoms. The van der Waals surface area contributed by atoms with E-state index in [0.717, 1.165) is 11.3 Å². The lowest BCUT2D eigenvalue weighted by atomic mass is 9.68. The van der Waals surface area contributed by atoms with Gasteiger partial charge in [-0.25, -0.2) is 4.79 Å². The maximum absolute atomic E-state index is 13.4. The molecule has 1 aliphatic heterocycles. The Hall–Kier alpha value is -4.14. The molecule has 0 saturated heterocycles. The number of allylic oxidation sites excluding steroid dienone is 3. The first kappa shape index (κ1) is 26.9. The van der Waals surface area contributed by atoms with E-state index in [0.29, 0.717) is 46.7 Å². The van der Waals surface area contributed by atoms with Crippen LogP contribution in [0.2, 0.25) is 0 Å². The summed E-state index contributed by atoms with van der Waals surface area (Å²) >= 11 is 0. The SMILES string of the molecule is CCOC(=O)C1=C(C)NC2=C(C(=O)CC(C)(C)C2)[C@H]1c1ccc(OCc2ccc([N+](=O)[O-])cc2)c(OC)c1. The highest BCUT2D eigenvalue weighted by Crippen LogP contribution is 2.48. The number of methoxy groups -OCH3 is 1. The van der Waals surface area contributed by atoms with Crippen LogP contribution in [0.15, 0.2) is 65.0 Å². The number of rotatable bonds is 8. The Morgan fingerprint density at radius 1 is 1.13 bits per heavy atom. The van der Waals surface area contributed by atoms with E-state index in [1.807, 2.05) is 13.0 Å². The highest BCUT2D eigenvalue weighted by molar-refractivity contribution is 6.04. The zero-order valence-electron chi connectivity index (χ0n) is 22.3. The van der Waals surface area contributed by atoms with Gasteiger partial charge in [-0.15, -0.1) is 0 Å². The van der Waals surface area contributed by atoms with Gasteiger partial charge >= 0.3 is 5.97 Å². The van der Waals surface area contributed by atoms with Crippen molar-refractivity contribution in [3.63, 3.8) is 0 Å². The first-order valence-corrected chi connectivity index (χ1v) is 12.5. The Kier molecular flexibility index (Phi) is 7.57. The smallest absolute Gasteiger partial charge is 0.336 e. The van der Waals surface area contributed by atoms with Crippen molar-refractivity contribution in [2.75, 3.05) is 13.7 Å². The van der Waals surface area contributed by atoms with Crippen LogP contribution in [0.1, 0.15) is 57.6 Å². The molecule has 1 aliphatic carbocycles. The molecule has 0 aromatic heterocycles. The predicted octanol–water partition coefficient (Wildman–Crippen LogP) is 5.35. The van der Waals surface area contributed by atoms with Gasteiger partial charge in [0.1, 0.15) is 6.61 Å². The van der Waals surface area contributed by atoms with Crippen LogP contribution in [0.4, 0.5) is 5.69 Å². The van der Waals surface area contributed by atoms with Crippen LogP contribution >= 0.6 is 0 Å². The van der Waals surface area contributed by atoms with Crippen molar-refractivity contribution >= 4 is 17.4 Å². The topological polar surface area (TPSA) is 117 Å². The predicted molar refractivity (Wildman–Crippen MR) is 141 cm³/mol. The third kappa shape index (κ3) is 5.41. The first-order valence-electron chi connectivity index (χ1n) is 12.5. The van der Waals surface area contributed by atoms with Crippen LogP contribution in [0.5, 0.6) is 11.5 Å². The fourth-order valence-corrected chi connectivity index (χ4v) is 5.11. The molecule has 0 spiro atoms. The molecule has 0 unspecified atom stereocenters. The largest absolute Gasteiger partial charge is 0.493 e. The number of nitro benzene ring substituents is 1. The molecule has 2 aromatic rings. The lowest BCUT2D eigenvalue weighted by Crippen LogP contribution is -2.38. The lowest BCUT2D eigenvalue weighted by molar-refractivity contribution is -0.384. The molecule has 0 amide bonds. The van der Waals surface area contributed by atoms with Gasteiger partial charge in [0.15, 0.2) is 17.3 Å². The van der Waals surface area contributed by atoms with Crippen molar-refractivity contribution in [3.05, 3.63) is 86.2 Å². The number of nitrogens with zero attached hydrogens (tertiary/aromatic N) is 1. The normalized spacial score (nSPS) is 18.4. The number of Topliss-reactive ketones (excluding diaryl/α,β-unsaturated/α-hetero) is 1. The van der Waals surface area contributed by atoms with E-state index in [1.165, 1.54) is 19.2 Å². The van der Waals surface area contributed by atoms with Gasteiger partial charge in [-0.3, -0.25) is 14.9 Å². The molecule has 9 nitrogen and oxygen atoms in total. The summed E-state index contributed by atoms with van der Waals surface area (Å²) in [6.45, 7) is 8.09. The van der Waals surface area contributed by atoms with E-state index >= 15 is 0 Å². The summed E-state index contributed by atoms with van der Waals surface area (Å²) < 4.78 is 17.0. The highest BCUT2D eigenvalue weighted by atomic mass is 16.6. The number of ether oxygens (including phenoxy) is 3. The van der Waals surface area contributed by atoms with Crippen LogP contribution in [0.3, 0.4) is 0 Å². The molecule has 38 heavy (non-hydrogen) atoms. The lowest BCUT2D eigenvalue weighted by Gasteiger charge is -2.39. The molecular formula is C29H32N2O7. The molecular weight excluding hydrogens is 488 g/mol. The standard InChI is InChI=1S/C29H32N2O7/c1-6-37-28(33)25-17(2)30-21-14-29(3,4)15-22(32)27(21)26(25)19-9-12-23(24(13-19)36-5)38-16-18-7-10-20(11-8-18)31(34)35/h7-13,26,30H,6,14-16H2,1-5H3/t26-/m0/s1. The number of ketones is 1. The summed E-state index contributed by atoms with van der Waals surface area (Å²) in [7, 11) is 1.52. The zero-order chi connectivity index (χ0) is 27.6. The summed E-state index contributed by atoms with van der Waals surface area (Å²) in [4.78, 5) is 37.0. The van der Waals surface area contributed by atoms with Crippen LogP contribution < -0.4 is 14.8 Å². The second-order valence-corrected chi connectivity index (χ2v) is 10.3. The van der Waals surface area contributed by atoms with Crippen LogP contribution in [0.25, 0.3) is 0 Å². The summed E-state index contributed by atoms with van der Waals surface area (Å²) in [6, 6.07) is 11.5. The number of nitro groups is 1. The van der Waals surface area contributed by atoms with Crippen molar-refractivity contribution in [3.8, 4) is 11.5 Å². The van der Waals surface area contributed by atoms with E-state index < -0.39 is 16.8 Å². The molecule has 0 fully saturated rings. The van der Waals surface area contributed by atoms with Crippen LogP contribution in [-0.2, 0) is 20.9 Å². The third-order valence-electron chi connectivity index (χ3n) is 6.80. The van der Waals surface area contributed by atoms with Crippen molar-refractivity contribution in [1.82, 2.24) is 5.32 Å². The second-order valence-electron chi connectivity index (χ2n) is 10.3. The van der Waals surface area contributed by atoms with Crippen molar-refractivity contribution in [2.45, 2.75) is 53.1 Å². The molecule has 1 atom stereocenters. The highest BCUT2D eigenvalue weighted by Gasteiger charge is 2.43. The number of non-ortho nitro benzene ring substituents is 1. The number of benzene rings is 2. The number of carbonyl (C=O) groups excluding carboxylic acids is 2. The minimum Gasteiger partial charge on any atom is -0.493 e. The van der Waals surface area contributed by atoms with E-state index in [-0.39, 0.29) is 30.1 Å². The van der Waals surface area contributed by atoms with E-state index in [1.54, 1.807) is 31.2 Å². The summed E-state index contributed by atoms with van der Waals surface area (Å²) in [5.74, 6) is -0.169. The van der Waals surface area contributed by atoms with Gasteiger partial charge in [-0.05, 0) is 61.1 Å². The fourth-order valence-electron chi connectivity index (χ4n) is 5.11. The Labute approximate surface area is 221 Å². The molecule has 1 heterocycles. The van der Waals surface area contributed by atoms with Gasteiger partial charge in [0, 0.05) is 41.4 Å². The monoisotopic (exact) mass is 520 g/mol. The van der Waals surface area contributed by atoms with E-state index in [4.69, 9.17) is 14.2 Å². The summed E-state index contributed by atoms with van der Waals surface area (Å²) in [5, 5.41) is 14.2. The fraction of sp³-hybridized carbons (Fsp3) is 0.379. The zero-order valence-corrected chi connectivity index (χ0v) is 22.3. The molecule has 200 valence electrons. The van der Waals surface area contributed by atoms with Gasteiger partial charge < -0.3 is 19.5 Å². The molecule has 9 heteroatoms. The van der Waals surface area contributed by atoms with Gasteiger partial charge in [0.05, 0.1) is 24.2 Å². The maximum atomic E-state index is 13.4. The maximum Gasteiger partial charge on any atom is 0.336 e. The van der Waals surface area contributed by atoms with Gasteiger partial charge in [-0.2, -0.15) is 0 Å². The van der Waals surface area contributed by atoms with Crippen molar-refractivity contribution in [2.24, 2.45) is 5.41 Å². The number of nitrogens with one attached hydrogen (secondary N) is 1. The van der Waals surface area contributed by atoms with Gasteiger partial charge in [-0.1, -0.05) is 19.9 Å². The Morgan fingerprint density at radius 2 is 1.84 bits per heavy atom. The minimum absolute atomic E-state index is 0.000475. The molecule has 2 aliphatic rings. The third-order valence-corrected chi connectivity index (χ3v) is 6.80. The second kappa shape index (κ2) is 10.7. The molecule has 2 aromatic carbocycles. The minimum atomic E-state index is -0.605.